The number of hydrogen-bond acceptors (Lipinski definition) is 1. The molecule has 0 aromatic heterocycles. The highest BCUT2D eigenvalue weighted by Crippen LogP contribution is 2.38. The Hall–Kier alpha value is -1.54. The second-order valence-corrected chi connectivity index (χ2v) is 10.8. The molecule has 1 aliphatic rings. The molecule has 1 aliphatic carbocycles. The Balaban J connectivity index is 1.81. The van der Waals surface area contributed by atoms with Crippen LogP contribution in [0.4, 0.5) is 0 Å². The molecule has 2 aromatic carbocycles. The molecule has 0 heterocycles. The summed E-state index contributed by atoms with van der Waals surface area (Å²) >= 11 is 0. The maximum absolute atomic E-state index is 6.37. The van der Waals surface area contributed by atoms with Crippen LogP contribution in [0.3, 0.4) is 0 Å². The number of unbranched alkanes of at least 4 members (excludes halogenated alkanes) is 1. The molecular formula is C19H24OSi. The van der Waals surface area contributed by atoms with Crippen molar-refractivity contribution in [3.8, 4) is 16.9 Å². The van der Waals surface area contributed by atoms with Gasteiger partial charge in [0.25, 0.3) is 0 Å². The molecule has 0 N–H and O–H groups in total. The van der Waals surface area contributed by atoms with Crippen molar-refractivity contribution in [2.75, 3.05) is 0 Å². The standard InChI is InChI=1S/C19H24OSi/c1-4-5-12-21(2,3)20-17-10-11-19-16(14-17)13-15-8-6-7-9-18(15)19/h6-11,14H,4-5,12-13H2,1-3H3. The van der Waals surface area contributed by atoms with Crippen LogP contribution < -0.4 is 4.43 Å². The van der Waals surface area contributed by atoms with Gasteiger partial charge in [-0.05, 0) is 59.9 Å². The monoisotopic (exact) mass is 296 g/mol. The van der Waals surface area contributed by atoms with Crippen LogP contribution in [0.5, 0.6) is 5.75 Å². The molecule has 3 rings (SSSR count). The molecule has 2 heteroatoms. The lowest BCUT2D eigenvalue weighted by atomic mass is 10.1. The first kappa shape index (κ1) is 14.4. The minimum atomic E-state index is -1.58. The predicted molar refractivity (Wildman–Crippen MR) is 92.5 cm³/mol. The molecule has 2 aromatic rings. The normalized spacial score (nSPS) is 12.9. The molecule has 0 spiro atoms. The van der Waals surface area contributed by atoms with E-state index in [2.05, 4.69) is 62.5 Å². The van der Waals surface area contributed by atoms with Gasteiger partial charge in [-0.2, -0.15) is 0 Å². The van der Waals surface area contributed by atoms with Crippen LogP contribution in [0.2, 0.25) is 19.1 Å². The molecule has 21 heavy (non-hydrogen) atoms. The van der Waals surface area contributed by atoms with Crippen LogP contribution in [0.15, 0.2) is 42.5 Å². The van der Waals surface area contributed by atoms with E-state index in [1.807, 2.05) is 0 Å². The van der Waals surface area contributed by atoms with Gasteiger partial charge in [0.15, 0.2) is 0 Å². The Kier molecular flexibility index (Phi) is 3.90. The summed E-state index contributed by atoms with van der Waals surface area (Å²) in [5.41, 5.74) is 5.62. The summed E-state index contributed by atoms with van der Waals surface area (Å²) < 4.78 is 6.37. The zero-order valence-corrected chi connectivity index (χ0v) is 14.3. The van der Waals surface area contributed by atoms with Crippen molar-refractivity contribution in [1.82, 2.24) is 0 Å². The van der Waals surface area contributed by atoms with E-state index < -0.39 is 8.32 Å². The third kappa shape index (κ3) is 3.05. The number of fused-ring (bicyclic) bond motifs is 3. The molecule has 0 saturated heterocycles. The Labute approximate surface area is 129 Å². The van der Waals surface area contributed by atoms with Crippen molar-refractivity contribution in [2.24, 2.45) is 0 Å². The van der Waals surface area contributed by atoms with Gasteiger partial charge in [0.05, 0.1) is 0 Å². The van der Waals surface area contributed by atoms with E-state index in [-0.39, 0.29) is 0 Å². The predicted octanol–water partition coefficient (Wildman–Crippen LogP) is 5.64. The summed E-state index contributed by atoms with van der Waals surface area (Å²) in [4.78, 5) is 0. The fourth-order valence-electron chi connectivity index (χ4n) is 3.16. The second kappa shape index (κ2) is 5.68. The Morgan fingerprint density at radius 2 is 1.76 bits per heavy atom. The molecule has 0 unspecified atom stereocenters. The number of benzene rings is 2. The van der Waals surface area contributed by atoms with Crippen LogP contribution in [0.25, 0.3) is 11.1 Å². The van der Waals surface area contributed by atoms with Gasteiger partial charge in [0, 0.05) is 0 Å². The summed E-state index contributed by atoms with van der Waals surface area (Å²) in [6.07, 6.45) is 3.56. The lowest BCUT2D eigenvalue weighted by molar-refractivity contribution is 0.542. The van der Waals surface area contributed by atoms with Crippen LogP contribution in [-0.2, 0) is 6.42 Å². The maximum Gasteiger partial charge on any atom is 0.245 e. The second-order valence-electron chi connectivity index (χ2n) is 6.62. The van der Waals surface area contributed by atoms with Gasteiger partial charge in [-0.25, -0.2) is 0 Å². The largest absolute Gasteiger partial charge is 0.544 e. The highest BCUT2D eigenvalue weighted by atomic mass is 28.4. The molecule has 1 nitrogen and oxygen atoms in total. The fourth-order valence-corrected chi connectivity index (χ4v) is 5.23. The van der Waals surface area contributed by atoms with Crippen molar-refractivity contribution in [2.45, 2.75) is 45.3 Å². The van der Waals surface area contributed by atoms with Crippen LogP contribution in [-0.4, -0.2) is 8.32 Å². The average molecular weight is 296 g/mol. The maximum atomic E-state index is 6.37. The molecule has 0 bridgehead atoms. The minimum Gasteiger partial charge on any atom is -0.544 e. The summed E-state index contributed by atoms with van der Waals surface area (Å²) in [5, 5.41) is 0. The Morgan fingerprint density at radius 3 is 2.57 bits per heavy atom. The van der Waals surface area contributed by atoms with E-state index in [0.717, 1.165) is 12.2 Å². The van der Waals surface area contributed by atoms with Crippen molar-refractivity contribution in [3.05, 3.63) is 53.6 Å². The van der Waals surface area contributed by atoms with E-state index in [0.29, 0.717) is 0 Å². The fraction of sp³-hybridized carbons (Fsp3) is 0.368. The van der Waals surface area contributed by atoms with E-state index in [9.17, 15) is 0 Å². The molecule has 0 atom stereocenters. The summed E-state index contributed by atoms with van der Waals surface area (Å²) in [7, 11) is -1.58. The Bertz CT molecular complexity index is 646. The first-order valence-corrected chi connectivity index (χ1v) is 11.1. The molecule has 0 fully saturated rings. The average Bonchev–Trinajstić information content (AvgIpc) is 2.82. The van der Waals surface area contributed by atoms with Gasteiger partial charge >= 0.3 is 0 Å². The molecule has 0 radical (unpaired) electrons. The molecule has 110 valence electrons. The van der Waals surface area contributed by atoms with Gasteiger partial charge in [-0.3, -0.25) is 0 Å². The van der Waals surface area contributed by atoms with E-state index in [1.54, 1.807) is 0 Å². The van der Waals surface area contributed by atoms with E-state index >= 15 is 0 Å². The van der Waals surface area contributed by atoms with Gasteiger partial charge in [-0.1, -0.05) is 50.1 Å². The van der Waals surface area contributed by atoms with Gasteiger partial charge in [0.2, 0.25) is 8.32 Å². The van der Waals surface area contributed by atoms with Crippen LogP contribution in [0.1, 0.15) is 30.9 Å². The zero-order chi connectivity index (χ0) is 14.9. The highest BCUT2D eigenvalue weighted by Gasteiger charge is 2.25. The zero-order valence-electron chi connectivity index (χ0n) is 13.3. The molecule has 0 aliphatic heterocycles. The molecule has 0 amide bonds. The lowest BCUT2D eigenvalue weighted by Crippen LogP contribution is -2.33. The van der Waals surface area contributed by atoms with Crippen molar-refractivity contribution in [1.29, 1.82) is 0 Å². The van der Waals surface area contributed by atoms with Crippen molar-refractivity contribution >= 4 is 8.32 Å². The highest BCUT2D eigenvalue weighted by molar-refractivity contribution is 6.71. The van der Waals surface area contributed by atoms with Gasteiger partial charge < -0.3 is 4.43 Å². The smallest absolute Gasteiger partial charge is 0.245 e. The van der Waals surface area contributed by atoms with E-state index in [4.69, 9.17) is 4.43 Å². The third-order valence-corrected chi connectivity index (χ3v) is 6.64. The minimum absolute atomic E-state index is 1.04. The van der Waals surface area contributed by atoms with E-state index in [1.165, 1.54) is 41.1 Å². The number of hydrogen-bond donors (Lipinski definition) is 0. The van der Waals surface area contributed by atoms with Gasteiger partial charge in [-0.15, -0.1) is 0 Å². The first-order chi connectivity index (χ1) is 10.1. The lowest BCUT2D eigenvalue weighted by Gasteiger charge is -2.24. The van der Waals surface area contributed by atoms with Crippen LogP contribution in [0, 0.1) is 0 Å². The number of rotatable bonds is 5. The first-order valence-electron chi connectivity index (χ1n) is 7.99. The van der Waals surface area contributed by atoms with Gasteiger partial charge in [0.1, 0.15) is 5.75 Å². The summed E-state index contributed by atoms with van der Waals surface area (Å²) in [6, 6.07) is 16.6. The topological polar surface area (TPSA) is 9.23 Å². The Morgan fingerprint density at radius 1 is 1.00 bits per heavy atom. The molecule has 0 saturated carbocycles. The van der Waals surface area contributed by atoms with Crippen molar-refractivity contribution in [3.63, 3.8) is 0 Å². The van der Waals surface area contributed by atoms with Crippen molar-refractivity contribution < 1.29 is 4.43 Å². The summed E-state index contributed by atoms with van der Waals surface area (Å²) in [5.74, 6) is 1.06. The SMILES string of the molecule is CCCC[Si](C)(C)Oc1ccc2c(c1)Cc1ccccc1-2. The molecular weight excluding hydrogens is 272 g/mol. The summed E-state index contributed by atoms with van der Waals surface area (Å²) in [6.45, 7) is 6.90. The third-order valence-electron chi connectivity index (χ3n) is 4.29. The quantitative estimate of drug-likeness (QED) is 0.553. The van der Waals surface area contributed by atoms with Crippen LogP contribution >= 0.6 is 0 Å².